The third-order valence-corrected chi connectivity index (χ3v) is 5.50. The van der Waals surface area contributed by atoms with Gasteiger partial charge >= 0.3 is 0 Å². The van der Waals surface area contributed by atoms with Gasteiger partial charge in [0.1, 0.15) is 0 Å². The predicted octanol–water partition coefficient (Wildman–Crippen LogP) is 2.30. The zero-order valence-corrected chi connectivity index (χ0v) is 16.8. The number of rotatable bonds is 7. The Morgan fingerprint density at radius 3 is 2.36 bits per heavy atom. The van der Waals surface area contributed by atoms with Gasteiger partial charge in [-0.15, -0.1) is 0 Å². The third-order valence-electron chi connectivity index (χ3n) is 3.94. The Morgan fingerprint density at radius 2 is 1.75 bits per heavy atom. The maximum atomic E-state index is 12.2. The lowest BCUT2D eigenvalue weighted by atomic mass is 10.1. The zero-order chi connectivity index (χ0) is 20.7. The molecule has 8 heteroatoms. The van der Waals surface area contributed by atoms with Crippen molar-refractivity contribution in [2.24, 2.45) is 0 Å². The molecule has 0 aromatic heterocycles. The minimum atomic E-state index is -3.51. The zero-order valence-electron chi connectivity index (χ0n) is 15.9. The van der Waals surface area contributed by atoms with Crippen LogP contribution in [-0.4, -0.2) is 33.8 Å². The van der Waals surface area contributed by atoms with E-state index in [0.717, 1.165) is 5.56 Å². The Bertz CT molecular complexity index is 997. The summed E-state index contributed by atoms with van der Waals surface area (Å²) < 4.78 is 26.3. The number of sulfonamides is 1. The Balaban J connectivity index is 2.13. The number of carbonyl (C=O) groups excluding carboxylic acids is 2. The molecule has 148 valence electrons. The highest BCUT2D eigenvalue weighted by Crippen LogP contribution is 2.19. The van der Waals surface area contributed by atoms with Crippen molar-refractivity contribution >= 4 is 33.6 Å². The van der Waals surface area contributed by atoms with E-state index in [1.165, 1.54) is 25.3 Å². The van der Waals surface area contributed by atoms with E-state index in [1.54, 1.807) is 50.3 Å². The first-order valence-electron chi connectivity index (χ1n) is 8.69. The molecule has 7 nitrogen and oxygen atoms in total. The topological polar surface area (TPSA) is 104 Å². The summed E-state index contributed by atoms with van der Waals surface area (Å²) in [5.74, 6) is -0.685. The third kappa shape index (κ3) is 5.28. The van der Waals surface area contributed by atoms with Crippen molar-refractivity contribution < 1.29 is 18.0 Å². The fourth-order valence-electron chi connectivity index (χ4n) is 2.58. The van der Waals surface area contributed by atoms with Crippen molar-refractivity contribution in [3.63, 3.8) is 0 Å². The van der Waals surface area contributed by atoms with Gasteiger partial charge < -0.3 is 10.6 Å². The second kappa shape index (κ2) is 9.29. The van der Waals surface area contributed by atoms with Gasteiger partial charge in [0.25, 0.3) is 5.91 Å². The largest absolute Gasteiger partial charge is 0.355 e. The molecule has 0 spiro atoms. The highest BCUT2D eigenvalue weighted by molar-refractivity contribution is 7.89. The normalized spacial score (nSPS) is 11.4. The number of carbonyl (C=O) groups is 2. The highest BCUT2D eigenvalue weighted by Gasteiger charge is 2.14. The first-order chi connectivity index (χ1) is 13.3. The smallest absolute Gasteiger partial charge is 0.253 e. The van der Waals surface area contributed by atoms with Crippen molar-refractivity contribution in [3.8, 4) is 0 Å². The Labute approximate surface area is 164 Å². The van der Waals surface area contributed by atoms with E-state index in [2.05, 4.69) is 15.4 Å². The van der Waals surface area contributed by atoms with Gasteiger partial charge in [-0.2, -0.15) is 0 Å². The second-order valence-corrected chi connectivity index (χ2v) is 7.74. The number of hydrogen-bond donors (Lipinski definition) is 3. The van der Waals surface area contributed by atoms with Gasteiger partial charge in [-0.05, 0) is 42.3 Å². The summed E-state index contributed by atoms with van der Waals surface area (Å²) in [6.07, 6.45) is 2.89. The van der Waals surface area contributed by atoms with Crippen molar-refractivity contribution in [1.82, 2.24) is 10.0 Å². The number of nitrogens with one attached hydrogen (secondary N) is 3. The maximum absolute atomic E-state index is 12.2. The fraction of sp³-hybridized carbons (Fsp3) is 0.200. The van der Waals surface area contributed by atoms with E-state index < -0.39 is 15.9 Å². The second-order valence-electron chi connectivity index (χ2n) is 5.97. The van der Waals surface area contributed by atoms with Crippen LogP contribution in [0.15, 0.2) is 53.4 Å². The van der Waals surface area contributed by atoms with Gasteiger partial charge in [0.05, 0.1) is 16.1 Å². The van der Waals surface area contributed by atoms with Crippen LogP contribution in [0.5, 0.6) is 0 Å². The SMILES string of the molecule is CCNS(=O)(=O)c1ccc(/C=C/C(=O)Nc2cccc(C)c2C(=O)NC)cc1. The minimum absolute atomic E-state index is 0.158. The number of anilines is 1. The summed E-state index contributed by atoms with van der Waals surface area (Å²) >= 11 is 0. The summed E-state index contributed by atoms with van der Waals surface area (Å²) in [7, 11) is -1.98. The summed E-state index contributed by atoms with van der Waals surface area (Å²) in [4.78, 5) is 24.4. The van der Waals surface area contributed by atoms with Crippen LogP contribution in [0.2, 0.25) is 0 Å². The molecule has 0 aliphatic carbocycles. The van der Waals surface area contributed by atoms with Crippen LogP contribution in [0.4, 0.5) is 5.69 Å². The molecule has 0 saturated heterocycles. The quantitative estimate of drug-likeness (QED) is 0.619. The van der Waals surface area contributed by atoms with Crippen LogP contribution in [0, 0.1) is 6.92 Å². The van der Waals surface area contributed by atoms with E-state index in [-0.39, 0.29) is 10.8 Å². The summed E-state index contributed by atoms with van der Waals surface area (Å²) in [5, 5.41) is 5.25. The molecule has 0 atom stereocenters. The van der Waals surface area contributed by atoms with Gasteiger partial charge in [0.15, 0.2) is 0 Å². The molecule has 28 heavy (non-hydrogen) atoms. The van der Waals surface area contributed by atoms with Crippen molar-refractivity contribution in [2.75, 3.05) is 18.9 Å². The molecule has 0 unspecified atom stereocenters. The van der Waals surface area contributed by atoms with Gasteiger partial charge in [0, 0.05) is 19.7 Å². The number of benzene rings is 2. The molecule has 2 amide bonds. The van der Waals surface area contributed by atoms with Crippen molar-refractivity contribution in [2.45, 2.75) is 18.7 Å². The first-order valence-corrected chi connectivity index (χ1v) is 10.2. The van der Waals surface area contributed by atoms with Crippen LogP contribution in [0.25, 0.3) is 6.08 Å². The minimum Gasteiger partial charge on any atom is -0.355 e. The molecular formula is C20H23N3O4S. The van der Waals surface area contributed by atoms with E-state index in [4.69, 9.17) is 0 Å². The molecule has 0 fully saturated rings. The first kappa shape index (κ1) is 21.3. The van der Waals surface area contributed by atoms with Crippen LogP contribution in [-0.2, 0) is 14.8 Å². The lowest BCUT2D eigenvalue weighted by molar-refractivity contribution is -0.111. The van der Waals surface area contributed by atoms with Crippen LogP contribution < -0.4 is 15.4 Å². The molecule has 2 aromatic carbocycles. The van der Waals surface area contributed by atoms with E-state index >= 15 is 0 Å². The van der Waals surface area contributed by atoms with E-state index in [1.807, 2.05) is 0 Å². The average Bonchev–Trinajstić information content (AvgIpc) is 2.66. The van der Waals surface area contributed by atoms with Crippen LogP contribution >= 0.6 is 0 Å². The molecular weight excluding hydrogens is 378 g/mol. The molecule has 0 radical (unpaired) electrons. The number of amides is 2. The summed E-state index contributed by atoms with van der Waals surface area (Å²) in [6, 6.07) is 11.4. The molecule has 0 aliphatic rings. The standard InChI is InChI=1S/C20H23N3O4S/c1-4-22-28(26,27)16-11-8-15(9-12-16)10-13-18(24)23-17-7-5-6-14(2)19(17)20(25)21-3/h5-13,22H,4H2,1-3H3,(H,21,25)(H,23,24)/b13-10+. The maximum Gasteiger partial charge on any atom is 0.253 e. The van der Waals surface area contributed by atoms with Gasteiger partial charge in [-0.1, -0.05) is 31.2 Å². The van der Waals surface area contributed by atoms with Gasteiger partial charge in [-0.25, -0.2) is 13.1 Å². The molecule has 0 saturated carbocycles. The van der Waals surface area contributed by atoms with E-state index in [9.17, 15) is 18.0 Å². The fourth-order valence-corrected chi connectivity index (χ4v) is 3.62. The number of aryl methyl sites for hydroxylation is 1. The van der Waals surface area contributed by atoms with Gasteiger partial charge in [0.2, 0.25) is 15.9 Å². The van der Waals surface area contributed by atoms with Crippen LogP contribution in [0.3, 0.4) is 0 Å². The number of hydrogen-bond acceptors (Lipinski definition) is 4. The lowest BCUT2D eigenvalue weighted by Gasteiger charge is -2.11. The Kier molecular flexibility index (Phi) is 7.08. The monoisotopic (exact) mass is 401 g/mol. The molecule has 0 bridgehead atoms. The molecule has 2 aromatic rings. The Hall–Kier alpha value is -2.97. The van der Waals surface area contributed by atoms with Crippen molar-refractivity contribution in [1.29, 1.82) is 0 Å². The molecule has 0 aliphatic heterocycles. The predicted molar refractivity (Wildman–Crippen MR) is 110 cm³/mol. The van der Waals surface area contributed by atoms with Gasteiger partial charge in [-0.3, -0.25) is 9.59 Å². The van der Waals surface area contributed by atoms with Crippen molar-refractivity contribution in [3.05, 3.63) is 65.2 Å². The molecule has 2 rings (SSSR count). The summed E-state index contributed by atoms with van der Waals surface area (Å²) in [6.45, 7) is 3.80. The average molecular weight is 401 g/mol. The van der Waals surface area contributed by atoms with Crippen LogP contribution in [0.1, 0.15) is 28.4 Å². The lowest BCUT2D eigenvalue weighted by Crippen LogP contribution is -2.22. The highest BCUT2D eigenvalue weighted by atomic mass is 32.2. The summed E-state index contributed by atoms with van der Waals surface area (Å²) in [5.41, 5.74) is 2.24. The molecule has 3 N–H and O–H groups in total. The molecule has 0 heterocycles. The van der Waals surface area contributed by atoms with E-state index in [0.29, 0.717) is 23.4 Å². The Morgan fingerprint density at radius 1 is 1.07 bits per heavy atom.